The van der Waals surface area contributed by atoms with Gasteiger partial charge in [0.1, 0.15) is 5.82 Å². The second-order valence-electron chi connectivity index (χ2n) is 5.31. The first-order valence-electron chi connectivity index (χ1n) is 6.64. The number of hydrogen-bond acceptors (Lipinski definition) is 0. The summed E-state index contributed by atoms with van der Waals surface area (Å²) in [5.74, 6) is 0.260. The van der Waals surface area contributed by atoms with Crippen molar-refractivity contribution in [2.24, 2.45) is 0 Å². The van der Waals surface area contributed by atoms with Crippen LogP contribution in [0.5, 0.6) is 0 Å². The number of alkyl halides is 2. The van der Waals surface area contributed by atoms with E-state index in [1.807, 2.05) is 31.2 Å². The van der Waals surface area contributed by atoms with Gasteiger partial charge in [0.05, 0.1) is 5.02 Å². The molecule has 0 N–H and O–H groups in total. The highest BCUT2D eigenvalue weighted by Gasteiger charge is 2.32. The fourth-order valence-corrected chi connectivity index (χ4v) is 3.39. The molecule has 2 aromatic rings. The predicted octanol–water partition coefficient (Wildman–Crippen LogP) is 5.75. The van der Waals surface area contributed by atoms with Crippen LogP contribution in [-0.2, 0) is 11.8 Å². The highest BCUT2D eigenvalue weighted by molar-refractivity contribution is 6.31. The Morgan fingerprint density at radius 2 is 1.71 bits per heavy atom. The summed E-state index contributed by atoms with van der Waals surface area (Å²) in [6.07, 6.45) is 0.500. The third-order valence-electron chi connectivity index (χ3n) is 3.70. The molecule has 112 valence electrons. The van der Waals surface area contributed by atoms with Crippen LogP contribution in [0, 0.1) is 12.7 Å². The molecule has 0 fully saturated rings. The maximum Gasteiger partial charge on any atom is 0.142 e. The lowest BCUT2D eigenvalue weighted by Gasteiger charge is -2.31. The Morgan fingerprint density at radius 3 is 2.33 bits per heavy atom. The van der Waals surface area contributed by atoms with E-state index in [9.17, 15) is 4.39 Å². The zero-order chi connectivity index (χ0) is 15.5. The molecular weight excluding hydrogens is 330 g/mol. The minimum atomic E-state index is -0.466. The van der Waals surface area contributed by atoms with Crippen molar-refractivity contribution in [2.75, 3.05) is 11.8 Å². The van der Waals surface area contributed by atoms with Gasteiger partial charge in [-0.3, -0.25) is 0 Å². The third-order valence-corrected chi connectivity index (χ3v) is 5.15. The van der Waals surface area contributed by atoms with Gasteiger partial charge in [-0.15, -0.1) is 23.2 Å². The Hall–Kier alpha value is -0.760. The van der Waals surface area contributed by atoms with E-state index in [-0.39, 0.29) is 5.02 Å². The molecule has 0 aromatic heterocycles. The van der Waals surface area contributed by atoms with Crippen LogP contribution in [0.2, 0.25) is 5.02 Å². The van der Waals surface area contributed by atoms with E-state index in [1.165, 1.54) is 6.07 Å². The predicted molar refractivity (Wildman–Crippen MR) is 89.4 cm³/mol. The highest BCUT2D eigenvalue weighted by atomic mass is 35.5. The van der Waals surface area contributed by atoms with Crippen molar-refractivity contribution in [3.63, 3.8) is 0 Å². The van der Waals surface area contributed by atoms with Gasteiger partial charge in [-0.05, 0) is 30.5 Å². The van der Waals surface area contributed by atoms with E-state index in [0.29, 0.717) is 18.2 Å². The van der Waals surface area contributed by atoms with Gasteiger partial charge in [0.2, 0.25) is 0 Å². The standard InChI is InChI=1S/C17H16Cl3F/c1-12-4-2-6-14(8-12)17(10-18,11-19)9-13-5-3-7-15(21)16(13)20/h2-8H,9-11H2,1H3. The largest absolute Gasteiger partial charge is 0.205 e. The molecule has 0 unspecified atom stereocenters. The molecule has 2 aromatic carbocycles. The number of benzene rings is 2. The molecule has 2 rings (SSSR count). The normalized spacial score (nSPS) is 11.7. The first-order chi connectivity index (χ1) is 10.0. The van der Waals surface area contributed by atoms with Crippen molar-refractivity contribution in [3.8, 4) is 0 Å². The number of aryl methyl sites for hydroxylation is 1. The van der Waals surface area contributed by atoms with Gasteiger partial charge in [0.25, 0.3) is 0 Å². The van der Waals surface area contributed by atoms with Crippen LogP contribution >= 0.6 is 34.8 Å². The maximum atomic E-state index is 13.6. The second kappa shape index (κ2) is 7.00. The number of rotatable bonds is 5. The molecule has 0 spiro atoms. The monoisotopic (exact) mass is 344 g/mol. The van der Waals surface area contributed by atoms with Gasteiger partial charge in [0, 0.05) is 17.2 Å². The van der Waals surface area contributed by atoms with Crippen LogP contribution in [0.3, 0.4) is 0 Å². The Labute approximate surface area is 139 Å². The van der Waals surface area contributed by atoms with Crippen LogP contribution in [0.25, 0.3) is 0 Å². The van der Waals surface area contributed by atoms with Gasteiger partial charge < -0.3 is 0 Å². The van der Waals surface area contributed by atoms with Crippen LogP contribution < -0.4 is 0 Å². The van der Waals surface area contributed by atoms with Crippen LogP contribution in [0.4, 0.5) is 4.39 Å². The van der Waals surface area contributed by atoms with E-state index in [4.69, 9.17) is 34.8 Å². The smallest absolute Gasteiger partial charge is 0.142 e. The molecule has 0 saturated heterocycles. The molecule has 21 heavy (non-hydrogen) atoms. The summed E-state index contributed by atoms with van der Waals surface area (Å²) < 4.78 is 13.6. The minimum Gasteiger partial charge on any atom is -0.205 e. The Bertz CT molecular complexity index is 621. The van der Waals surface area contributed by atoms with E-state index in [0.717, 1.165) is 16.7 Å². The van der Waals surface area contributed by atoms with Gasteiger partial charge >= 0.3 is 0 Å². The Balaban J connectivity index is 2.45. The van der Waals surface area contributed by atoms with Crippen LogP contribution in [-0.4, -0.2) is 11.8 Å². The van der Waals surface area contributed by atoms with Crippen LogP contribution in [0.1, 0.15) is 16.7 Å². The molecule has 0 aliphatic heterocycles. The first-order valence-corrected chi connectivity index (χ1v) is 8.09. The van der Waals surface area contributed by atoms with E-state index >= 15 is 0 Å². The molecule has 0 bridgehead atoms. The van der Waals surface area contributed by atoms with Crippen molar-refractivity contribution in [1.82, 2.24) is 0 Å². The zero-order valence-electron chi connectivity index (χ0n) is 11.7. The molecule has 0 radical (unpaired) electrons. The van der Waals surface area contributed by atoms with E-state index in [2.05, 4.69) is 6.07 Å². The number of halogens is 4. The average molecular weight is 346 g/mol. The Kier molecular flexibility index (Phi) is 5.54. The maximum absolute atomic E-state index is 13.6. The van der Waals surface area contributed by atoms with Crippen molar-refractivity contribution >= 4 is 34.8 Å². The molecule has 0 saturated carbocycles. The molecule has 0 nitrogen and oxygen atoms in total. The molecule has 0 amide bonds. The van der Waals surface area contributed by atoms with Gasteiger partial charge in [-0.1, -0.05) is 53.6 Å². The van der Waals surface area contributed by atoms with E-state index < -0.39 is 11.2 Å². The molecular formula is C17H16Cl3F. The second-order valence-corrected chi connectivity index (χ2v) is 6.22. The summed E-state index contributed by atoms with van der Waals surface area (Å²) in [5.41, 5.74) is 2.44. The Morgan fingerprint density at radius 1 is 1.05 bits per heavy atom. The molecule has 0 atom stereocenters. The lowest BCUT2D eigenvalue weighted by atomic mass is 9.78. The lowest BCUT2D eigenvalue weighted by molar-refractivity contribution is 0.532. The fraction of sp³-hybridized carbons (Fsp3) is 0.294. The fourth-order valence-electron chi connectivity index (χ4n) is 2.41. The summed E-state index contributed by atoms with van der Waals surface area (Å²) in [4.78, 5) is 0. The van der Waals surface area contributed by atoms with Crippen molar-refractivity contribution in [2.45, 2.75) is 18.8 Å². The van der Waals surface area contributed by atoms with Gasteiger partial charge in [-0.2, -0.15) is 0 Å². The quantitative estimate of drug-likeness (QED) is 0.606. The average Bonchev–Trinajstić information content (AvgIpc) is 2.49. The molecule has 0 heterocycles. The van der Waals surface area contributed by atoms with Gasteiger partial charge in [0.15, 0.2) is 0 Å². The van der Waals surface area contributed by atoms with Crippen LogP contribution in [0.15, 0.2) is 42.5 Å². The van der Waals surface area contributed by atoms with Gasteiger partial charge in [-0.25, -0.2) is 4.39 Å². The SMILES string of the molecule is Cc1cccc(C(CCl)(CCl)Cc2cccc(F)c2Cl)c1. The molecule has 0 aliphatic carbocycles. The molecule has 4 heteroatoms. The minimum absolute atomic E-state index is 0.143. The summed E-state index contributed by atoms with van der Waals surface area (Å²) in [6.45, 7) is 2.02. The topological polar surface area (TPSA) is 0 Å². The van der Waals surface area contributed by atoms with Crippen molar-refractivity contribution in [1.29, 1.82) is 0 Å². The summed E-state index contributed by atoms with van der Waals surface area (Å²) in [6, 6.07) is 12.9. The highest BCUT2D eigenvalue weighted by Crippen LogP contribution is 2.34. The van der Waals surface area contributed by atoms with E-state index in [1.54, 1.807) is 6.07 Å². The zero-order valence-corrected chi connectivity index (χ0v) is 13.9. The summed E-state index contributed by atoms with van der Waals surface area (Å²) in [5, 5.41) is 0.143. The summed E-state index contributed by atoms with van der Waals surface area (Å²) in [7, 11) is 0. The third kappa shape index (κ3) is 3.53. The summed E-state index contributed by atoms with van der Waals surface area (Å²) >= 11 is 18.5. The number of hydrogen-bond donors (Lipinski definition) is 0. The van der Waals surface area contributed by atoms with Crippen molar-refractivity contribution < 1.29 is 4.39 Å². The lowest BCUT2D eigenvalue weighted by Crippen LogP contribution is -2.33. The van der Waals surface area contributed by atoms with Crippen molar-refractivity contribution in [3.05, 3.63) is 70.0 Å². The molecule has 0 aliphatic rings. The first kappa shape index (κ1) is 16.6.